The zero-order valence-electron chi connectivity index (χ0n) is 8.60. The third kappa shape index (κ3) is 3.50. The van der Waals surface area contributed by atoms with Crippen LogP contribution in [0.1, 0.15) is 31.1 Å². The van der Waals surface area contributed by atoms with Crippen molar-refractivity contribution in [2.24, 2.45) is 0 Å². The smallest absolute Gasteiger partial charge is 0.251 e. The van der Waals surface area contributed by atoms with Crippen LogP contribution in [-0.2, 0) is 0 Å². The van der Waals surface area contributed by atoms with Crippen molar-refractivity contribution < 1.29 is 4.79 Å². The Morgan fingerprint density at radius 1 is 1.36 bits per heavy atom. The normalized spacial score (nSPS) is 11.1. The van der Waals surface area contributed by atoms with Crippen molar-refractivity contribution in [1.82, 2.24) is 5.32 Å². The molecule has 0 unspecified atom stereocenters. The Morgan fingerprint density at radius 3 is 2.50 bits per heavy atom. The molecule has 0 radical (unpaired) electrons. The van der Waals surface area contributed by atoms with E-state index in [1.807, 2.05) is 32.9 Å². The van der Waals surface area contributed by atoms with E-state index in [9.17, 15) is 4.79 Å². The molecule has 3 heteroatoms. The summed E-state index contributed by atoms with van der Waals surface area (Å²) in [5, 5.41) is 2.90. The molecule has 0 aliphatic rings. The van der Waals surface area contributed by atoms with Crippen molar-refractivity contribution in [3.63, 3.8) is 0 Å². The summed E-state index contributed by atoms with van der Waals surface area (Å²) in [7, 11) is 0. The van der Waals surface area contributed by atoms with Gasteiger partial charge in [-0.15, -0.1) is 0 Å². The third-order valence-electron chi connectivity index (χ3n) is 1.58. The molecule has 0 fully saturated rings. The number of hydrogen-bond donors (Lipinski definition) is 1. The van der Waals surface area contributed by atoms with Gasteiger partial charge in [-0.1, -0.05) is 22.0 Å². The van der Waals surface area contributed by atoms with Crippen LogP contribution in [0.4, 0.5) is 0 Å². The SMILES string of the molecule is CC(C)(C)NC(=O)c1cccc(Br)c1. The molecule has 0 saturated carbocycles. The maximum absolute atomic E-state index is 11.7. The summed E-state index contributed by atoms with van der Waals surface area (Å²) in [5.41, 5.74) is 0.480. The molecule has 14 heavy (non-hydrogen) atoms. The highest BCUT2D eigenvalue weighted by Crippen LogP contribution is 2.12. The Labute approximate surface area is 92.8 Å². The fourth-order valence-corrected chi connectivity index (χ4v) is 1.44. The Morgan fingerprint density at radius 2 is 2.00 bits per heavy atom. The van der Waals surface area contributed by atoms with Gasteiger partial charge >= 0.3 is 0 Å². The van der Waals surface area contributed by atoms with Crippen LogP contribution < -0.4 is 5.32 Å². The van der Waals surface area contributed by atoms with Gasteiger partial charge < -0.3 is 5.32 Å². The van der Waals surface area contributed by atoms with E-state index in [1.54, 1.807) is 12.1 Å². The molecule has 0 spiro atoms. The van der Waals surface area contributed by atoms with Gasteiger partial charge in [-0.05, 0) is 39.0 Å². The lowest BCUT2D eigenvalue weighted by molar-refractivity contribution is 0.0919. The third-order valence-corrected chi connectivity index (χ3v) is 2.07. The number of amides is 1. The van der Waals surface area contributed by atoms with Crippen molar-refractivity contribution in [1.29, 1.82) is 0 Å². The quantitative estimate of drug-likeness (QED) is 0.822. The second-order valence-corrected chi connectivity index (χ2v) is 5.13. The van der Waals surface area contributed by atoms with Gasteiger partial charge in [-0.25, -0.2) is 0 Å². The molecule has 0 saturated heterocycles. The van der Waals surface area contributed by atoms with Crippen molar-refractivity contribution in [2.75, 3.05) is 0 Å². The molecule has 0 atom stereocenters. The molecule has 1 aromatic rings. The number of benzene rings is 1. The number of nitrogens with one attached hydrogen (secondary N) is 1. The average molecular weight is 256 g/mol. The molecule has 0 aromatic heterocycles. The number of hydrogen-bond acceptors (Lipinski definition) is 1. The standard InChI is InChI=1S/C11H14BrNO/c1-11(2,3)13-10(14)8-5-4-6-9(12)7-8/h4-7H,1-3H3,(H,13,14). The van der Waals surface area contributed by atoms with E-state index >= 15 is 0 Å². The van der Waals surface area contributed by atoms with Gasteiger partial charge in [0, 0.05) is 15.6 Å². The Balaban J connectivity index is 2.80. The molecule has 0 aliphatic heterocycles. The lowest BCUT2D eigenvalue weighted by Crippen LogP contribution is -2.40. The van der Waals surface area contributed by atoms with E-state index in [-0.39, 0.29) is 11.4 Å². The van der Waals surface area contributed by atoms with E-state index in [0.717, 1.165) is 4.47 Å². The lowest BCUT2D eigenvalue weighted by Gasteiger charge is -2.20. The van der Waals surface area contributed by atoms with E-state index in [2.05, 4.69) is 21.2 Å². The van der Waals surface area contributed by atoms with Crippen LogP contribution in [-0.4, -0.2) is 11.4 Å². The van der Waals surface area contributed by atoms with Crippen molar-refractivity contribution in [3.05, 3.63) is 34.3 Å². The highest BCUT2D eigenvalue weighted by molar-refractivity contribution is 9.10. The Bertz CT molecular complexity index is 341. The number of rotatable bonds is 1. The summed E-state index contributed by atoms with van der Waals surface area (Å²) in [6.07, 6.45) is 0. The zero-order valence-corrected chi connectivity index (χ0v) is 10.2. The Hall–Kier alpha value is -0.830. The van der Waals surface area contributed by atoms with E-state index in [1.165, 1.54) is 0 Å². The molecule has 1 aromatic carbocycles. The van der Waals surface area contributed by atoms with Crippen LogP contribution in [0.2, 0.25) is 0 Å². The van der Waals surface area contributed by atoms with Gasteiger partial charge in [0.25, 0.3) is 5.91 Å². The molecule has 0 bridgehead atoms. The fraction of sp³-hybridized carbons (Fsp3) is 0.364. The first-order valence-corrected chi connectivity index (χ1v) is 5.26. The largest absolute Gasteiger partial charge is 0.347 e. The van der Waals surface area contributed by atoms with E-state index in [0.29, 0.717) is 5.56 Å². The maximum atomic E-state index is 11.7. The summed E-state index contributed by atoms with van der Waals surface area (Å²) < 4.78 is 0.916. The summed E-state index contributed by atoms with van der Waals surface area (Å²) in [4.78, 5) is 11.7. The second kappa shape index (κ2) is 4.13. The predicted octanol–water partition coefficient (Wildman–Crippen LogP) is 2.98. The molecular formula is C11H14BrNO. The first-order valence-electron chi connectivity index (χ1n) is 4.46. The molecule has 0 heterocycles. The molecule has 1 N–H and O–H groups in total. The summed E-state index contributed by atoms with van der Waals surface area (Å²) in [6.45, 7) is 5.88. The van der Waals surface area contributed by atoms with Crippen LogP contribution in [0, 0.1) is 0 Å². The molecule has 0 aliphatic carbocycles. The van der Waals surface area contributed by atoms with Crippen LogP contribution in [0.15, 0.2) is 28.7 Å². The Kier molecular flexibility index (Phi) is 3.32. The second-order valence-electron chi connectivity index (χ2n) is 4.21. The lowest BCUT2D eigenvalue weighted by atomic mass is 10.1. The summed E-state index contributed by atoms with van der Waals surface area (Å²) >= 11 is 3.33. The number of halogens is 1. The van der Waals surface area contributed by atoms with Gasteiger partial charge in [0.05, 0.1) is 0 Å². The summed E-state index contributed by atoms with van der Waals surface area (Å²) in [5.74, 6) is -0.0428. The van der Waals surface area contributed by atoms with Crippen molar-refractivity contribution in [3.8, 4) is 0 Å². The molecule has 1 amide bonds. The van der Waals surface area contributed by atoms with Crippen LogP contribution >= 0.6 is 15.9 Å². The molecule has 1 rings (SSSR count). The first kappa shape index (κ1) is 11.2. The molecule has 2 nitrogen and oxygen atoms in total. The average Bonchev–Trinajstić information content (AvgIpc) is 2.01. The van der Waals surface area contributed by atoms with Crippen LogP contribution in [0.25, 0.3) is 0 Å². The first-order chi connectivity index (χ1) is 6.38. The van der Waals surface area contributed by atoms with Crippen LogP contribution in [0.5, 0.6) is 0 Å². The number of carbonyl (C=O) groups excluding carboxylic acids is 1. The van der Waals surface area contributed by atoms with Gasteiger partial charge in [0.1, 0.15) is 0 Å². The zero-order chi connectivity index (χ0) is 10.8. The minimum absolute atomic E-state index is 0.0428. The van der Waals surface area contributed by atoms with E-state index in [4.69, 9.17) is 0 Å². The van der Waals surface area contributed by atoms with Gasteiger partial charge in [-0.3, -0.25) is 4.79 Å². The molecule has 76 valence electrons. The highest BCUT2D eigenvalue weighted by atomic mass is 79.9. The number of carbonyl (C=O) groups is 1. The molecular weight excluding hydrogens is 242 g/mol. The van der Waals surface area contributed by atoms with Crippen molar-refractivity contribution >= 4 is 21.8 Å². The topological polar surface area (TPSA) is 29.1 Å². The van der Waals surface area contributed by atoms with Crippen LogP contribution in [0.3, 0.4) is 0 Å². The highest BCUT2D eigenvalue weighted by Gasteiger charge is 2.14. The summed E-state index contributed by atoms with van der Waals surface area (Å²) in [6, 6.07) is 7.35. The van der Waals surface area contributed by atoms with Gasteiger partial charge in [0.15, 0.2) is 0 Å². The maximum Gasteiger partial charge on any atom is 0.251 e. The minimum Gasteiger partial charge on any atom is -0.347 e. The van der Waals surface area contributed by atoms with Gasteiger partial charge in [0.2, 0.25) is 0 Å². The predicted molar refractivity (Wildman–Crippen MR) is 61.4 cm³/mol. The van der Waals surface area contributed by atoms with Crippen molar-refractivity contribution in [2.45, 2.75) is 26.3 Å². The monoisotopic (exact) mass is 255 g/mol. The minimum atomic E-state index is -0.195. The fourth-order valence-electron chi connectivity index (χ4n) is 1.04. The van der Waals surface area contributed by atoms with E-state index < -0.39 is 0 Å². The van der Waals surface area contributed by atoms with Gasteiger partial charge in [-0.2, -0.15) is 0 Å².